The summed E-state index contributed by atoms with van der Waals surface area (Å²) in [5.74, 6) is 0.429. The number of esters is 1. The van der Waals surface area contributed by atoms with Crippen molar-refractivity contribution in [3.8, 4) is 10.6 Å². The minimum atomic E-state index is -0.272. The number of anilines is 1. The summed E-state index contributed by atoms with van der Waals surface area (Å²) in [4.78, 5) is 15.6. The predicted molar refractivity (Wildman–Crippen MR) is 72.7 cm³/mol. The van der Waals surface area contributed by atoms with Crippen molar-refractivity contribution >= 4 is 23.1 Å². The third-order valence-corrected chi connectivity index (χ3v) is 3.14. The van der Waals surface area contributed by atoms with Gasteiger partial charge in [0.25, 0.3) is 0 Å². The van der Waals surface area contributed by atoms with Crippen LogP contribution in [0.3, 0.4) is 0 Å². The Morgan fingerprint density at radius 2 is 2.17 bits per heavy atom. The normalized spacial score (nSPS) is 10.1. The van der Waals surface area contributed by atoms with Crippen LogP contribution >= 0.6 is 11.3 Å². The Kier molecular flexibility index (Phi) is 4.30. The van der Waals surface area contributed by atoms with Crippen LogP contribution in [0.1, 0.15) is 6.92 Å². The second-order valence-corrected chi connectivity index (χ2v) is 4.42. The molecule has 2 rings (SSSR count). The summed E-state index contributed by atoms with van der Waals surface area (Å²) < 4.78 is 4.83. The molecule has 1 aromatic heterocycles. The van der Waals surface area contributed by atoms with Gasteiger partial charge in [0.2, 0.25) is 0 Å². The molecule has 4 nitrogen and oxygen atoms in total. The number of benzene rings is 1. The number of nitrogens with one attached hydrogen (secondary N) is 1. The molecule has 0 aliphatic carbocycles. The van der Waals surface area contributed by atoms with E-state index in [1.54, 1.807) is 18.3 Å². The van der Waals surface area contributed by atoms with Gasteiger partial charge in [-0.3, -0.25) is 4.79 Å². The highest BCUT2D eigenvalue weighted by atomic mass is 32.1. The van der Waals surface area contributed by atoms with E-state index in [9.17, 15) is 4.79 Å². The number of nitrogens with zero attached hydrogens (tertiary/aromatic N) is 1. The fourth-order valence-electron chi connectivity index (χ4n) is 1.44. The second-order valence-electron chi connectivity index (χ2n) is 3.56. The molecule has 2 aromatic rings. The fraction of sp³-hybridized carbons (Fsp3) is 0.231. The third kappa shape index (κ3) is 3.30. The molecule has 0 spiro atoms. The molecular formula is C13H14N2O2S. The number of carbonyl (C=O) groups excluding carboxylic acids is 1. The van der Waals surface area contributed by atoms with Crippen molar-refractivity contribution in [1.29, 1.82) is 0 Å². The van der Waals surface area contributed by atoms with Crippen LogP contribution in [0.15, 0.2) is 35.7 Å². The molecule has 0 saturated heterocycles. The van der Waals surface area contributed by atoms with Gasteiger partial charge in [0, 0.05) is 10.9 Å². The van der Waals surface area contributed by atoms with Crippen molar-refractivity contribution < 1.29 is 9.53 Å². The number of aromatic nitrogens is 1. The monoisotopic (exact) mass is 262 g/mol. The number of hydrogen-bond donors (Lipinski definition) is 1. The van der Waals surface area contributed by atoms with Gasteiger partial charge in [-0.05, 0) is 6.92 Å². The van der Waals surface area contributed by atoms with E-state index in [4.69, 9.17) is 4.74 Å². The van der Waals surface area contributed by atoms with Crippen molar-refractivity contribution in [3.05, 3.63) is 35.7 Å². The highest BCUT2D eigenvalue weighted by molar-refractivity contribution is 7.13. The molecule has 0 aliphatic heterocycles. The quantitative estimate of drug-likeness (QED) is 0.842. The van der Waals surface area contributed by atoms with Crippen LogP contribution in [0.2, 0.25) is 0 Å². The molecular weight excluding hydrogens is 248 g/mol. The average Bonchev–Trinajstić information content (AvgIpc) is 2.87. The Hall–Kier alpha value is -1.88. The van der Waals surface area contributed by atoms with Crippen LogP contribution in [-0.2, 0) is 9.53 Å². The highest BCUT2D eigenvalue weighted by Gasteiger charge is 2.06. The van der Waals surface area contributed by atoms with E-state index < -0.39 is 0 Å². The van der Waals surface area contributed by atoms with Gasteiger partial charge >= 0.3 is 5.97 Å². The molecule has 18 heavy (non-hydrogen) atoms. The van der Waals surface area contributed by atoms with Crippen molar-refractivity contribution in [3.63, 3.8) is 0 Å². The van der Waals surface area contributed by atoms with Gasteiger partial charge in [0.05, 0.1) is 6.61 Å². The number of ether oxygens (including phenoxy) is 1. The van der Waals surface area contributed by atoms with Crippen LogP contribution in [0.4, 0.5) is 5.82 Å². The van der Waals surface area contributed by atoms with E-state index in [0.29, 0.717) is 12.4 Å². The summed E-state index contributed by atoms with van der Waals surface area (Å²) in [5.41, 5.74) is 1.08. The van der Waals surface area contributed by atoms with E-state index >= 15 is 0 Å². The average molecular weight is 262 g/mol. The molecule has 5 heteroatoms. The van der Waals surface area contributed by atoms with Gasteiger partial charge in [-0.25, -0.2) is 4.98 Å². The first-order valence-electron chi connectivity index (χ1n) is 5.70. The van der Waals surface area contributed by atoms with Crippen molar-refractivity contribution in [2.24, 2.45) is 0 Å². The molecule has 94 valence electrons. The van der Waals surface area contributed by atoms with E-state index in [1.807, 2.05) is 35.7 Å². The molecule has 0 atom stereocenters. The van der Waals surface area contributed by atoms with Crippen LogP contribution < -0.4 is 5.32 Å². The molecule has 1 N–H and O–H groups in total. The van der Waals surface area contributed by atoms with Crippen molar-refractivity contribution in [2.45, 2.75) is 6.92 Å². The largest absolute Gasteiger partial charge is 0.465 e. The maximum atomic E-state index is 11.2. The smallest absolute Gasteiger partial charge is 0.325 e. The summed E-state index contributed by atoms with van der Waals surface area (Å²) in [6, 6.07) is 9.93. The first kappa shape index (κ1) is 12.6. The highest BCUT2D eigenvalue weighted by Crippen LogP contribution is 2.25. The molecule has 0 fully saturated rings. The third-order valence-electron chi connectivity index (χ3n) is 2.24. The van der Waals surface area contributed by atoms with Crippen LogP contribution in [0.25, 0.3) is 10.6 Å². The molecule has 1 heterocycles. The van der Waals surface area contributed by atoms with Crippen LogP contribution in [0, 0.1) is 0 Å². The van der Waals surface area contributed by atoms with E-state index in [2.05, 4.69) is 10.3 Å². The van der Waals surface area contributed by atoms with Gasteiger partial charge in [-0.2, -0.15) is 0 Å². The fourth-order valence-corrected chi connectivity index (χ4v) is 2.23. The van der Waals surface area contributed by atoms with Crippen LogP contribution in [0.5, 0.6) is 0 Å². The topological polar surface area (TPSA) is 51.2 Å². The van der Waals surface area contributed by atoms with Gasteiger partial charge in [-0.1, -0.05) is 30.3 Å². The van der Waals surface area contributed by atoms with Gasteiger partial charge < -0.3 is 10.1 Å². The maximum absolute atomic E-state index is 11.2. The Morgan fingerprint density at radius 3 is 2.89 bits per heavy atom. The zero-order valence-corrected chi connectivity index (χ0v) is 10.9. The van der Waals surface area contributed by atoms with Crippen LogP contribution in [-0.4, -0.2) is 24.1 Å². The molecule has 1 aromatic carbocycles. The van der Waals surface area contributed by atoms with Crippen molar-refractivity contribution in [2.75, 3.05) is 18.5 Å². The maximum Gasteiger partial charge on any atom is 0.325 e. The molecule has 0 saturated carbocycles. The minimum Gasteiger partial charge on any atom is -0.465 e. The summed E-state index contributed by atoms with van der Waals surface area (Å²) in [6.07, 6.45) is 0. The molecule has 0 bridgehead atoms. The number of rotatable bonds is 5. The zero-order valence-electron chi connectivity index (χ0n) is 10.1. The first-order valence-corrected chi connectivity index (χ1v) is 6.58. The molecule has 0 amide bonds. The van der Waals surface area contributed by atoms with Crippen molar-refractivity contribution in [1.82, 2.24) is 4.98 Å². The van der Waals surface area contributed by atoms with Gasteiger partial charge in [0.1, 0.15) is 17.4 Å². The Bertz CT molecular complexity index is 511. The molecule has 0 unspecified atom stereocenters. The van der Waals surface area contributed by atoms with E-state index in [1.165, 1.54) is 0 Å². The Balaban J connectivity index is 1.97. The second kappa shape index (κ2) is 6.16. The summed E-state index contributed by atoms with van der Waals surface area (Å²) >= 11 is 1.54. The lowest BCUT2D eigenvalue weighted by atomic mass is 10.2. The summed E-state index contributed by atoms with van der Waals surface area (Å²) in [5, 5.41) is 5.77. The number of hydrogen-bond acceptors (Lipinski definition) is 5. The number of thiazole rings is 1. The lowest BCUT2D eigenvalue weighted by Crippen LogP contribution is -2.16. The first-order chi connectivity index (χ1) is 8.79. The van der Waals surface area contributed by atoms with Gasteiger partial charge in [0.15, 0.2) is 0 Å². The van der Waals surface area contributed by atoms with E-state index in [-0.39, 0.29) is 12.5 Å². The SMILES string of the molecule is CCOC(=O)CNc1csc(-c2ccccc2)n1. The van der Waals surface area contributed by atoms with E-state index in [0.717, 1.165) is 10.6 Å². The minimum absolute atomic E-state index is 0.145. The zero-order chi connectivity index (χ0) is 12.8. The Labute approximate surface area is 110 Å². The molecule has 0 aliphatic rings. The Morgan fingerprint density at radius 1 is 1.39 bits per heavy atom. The lowest BCUT2D eigenvalue weighted by molar-refractivity contribution is -0.140. The molecule has 0 radical (unpaired) electrons. The summed E-state index contributed by atoms with van der Waals surface area (Å²) in [6.45, 7) is 2.33. The number of carbonyl (C=O) groups is 1. The predicted octanol–water partition coefficient (Wildman–Crippen LogP) is 2.79. The van der Waals surface area contributed by atoms with Gasteiger partial charge in [-0.15, -0.1) is 11.3 Å². The summed E-state index contributed by atoms with van der Waals surface area (Å²) in [7, 11) is 0. The standard InChI is InChI=1S/C13H14N2O2S/c1-2-17-12(16)8-14-11-9-18-13(15-11)10-6-4-3-5-7-10/h3-7,9,14H,2,8H2,1H3. The lowest BCUT2D eigenvalue weighted by Gasteiger charge is -2.02.